The first-order valence-electron chi connectivity index (χ1n) is 4.75. The second-order valence-corrected chi connectivity index (χ2v) is 3.92. The topological polar surface area (TPSA) is 30.7 Å². The van der Waals surface area contributed by atoms with Gasteiger partial charge in [0.05, 0.1) is 12.0 Å². The molecular formula is C11H12ClN3. The number of pyridine rings is 1. The van der Waals surface area contributed by atoms with E-state index in [4.69, 9.17) is 11.6 Å². The first kappa shape index (κ1) is 10.2. The van der Waals surface area contributed by atoms with Gasteiger partial charge in [-0.05, 0) is 31.5 Å². The van der Waals surface area contributed by atoms with Crippen molar-refractivity contribution in [3.05, 3.63) is 46.8 Å². The van der Waals surface area contributed by atoms with Crippen LogP contribution in [0.15, 0.2) is 24.7 Å². The number of aryl methyl sites for hydroxylation is 1. The van der Waals surface area contributed by atoms with Crippen LogP contribution in [-0.2, 0) is 6.54 Å². The molecule has 0 aliphatic heterocycles. The highest BCUT2D eigenvalue weighted by Crippen LogP contribution is 2.11. The van der Waals surface area contributed by atoms with Gasteiger partial charge in [0.2, 0.25) is 0 Å². The molecule has 2 aromatic rings. The normalized spacial score (nSPS) is 10.6. The Labute approximate surface area is 93.7 Å². The summed E-state index contributed by atoms with van der Waals surface area (Å²) in [6.45, 7) is 4.85. The molecule has 0 amide bonds. The maximum atomic E-state index is 5.82. The standard InChI is InChI=1S/C11H12ClN3/c1-8-9(2)15(7-14-8)6-10-3-4-13-11(12)5-10/h3-5,7H,6H2,1-2H3. The Kier molecular flexibility index (Phi) is 2.73. The lowest BCUT2D eigenvalue weighted by molar-refractivity contribution is 0.767. The minimum absolute atomic E-state index is 0.530. The molecule has 0 spiro atoms. The number of rotatable bonds is 2. The van der Waals surface area contributed by atoms with Crippen LogP contribution in [0.4, 0.5) is 0 Å². The van der Waals surface area contributed by atoms with E-state index >= 15 is 0 Å². The van der Waals surface area contributed by atoms with Crippen molar-refractivity contribution in [1.29, 1.82) is 0 Å². The first-order chi connectivity index (χ1) is 7.16. The molecule has 0 atom stereocenters. The van der Waals surface area contributed by atoms with Gasteiger partial charge in [0.25, 0.3) is 0 Å². The van der Waals surface area contributed by atoms with Crippen LogP contribution in [-0.4, -0.2) is 14.5 Å². The molecule has 2 aromatic heterocycles. The lowest BCUT2D eigenvalue weighted by atomic mass is 10.2. The third-order valence-corrected chi connectivity index (χ3v) is 2.70. The second-order valence-electron chi connectivity index (χ2n) is 3.53. The predicted molar refractivity (Wildman–Crippen MR) is 60.1 cm³/mol. The van der Waals surface area contributed by atoms with Gasteiger partial charge >= 0.3 is 0 Å². The van der Waals surface area contributed by atoms with E-state index in [1.165, 1.54) is 5.69 Å². The van der Waals surface area contributed by atoms with Crippen LogP contribution in [0.25, 0.3) is 0 Å². The summed E-state index contributed by atoms with van der Waals surface area (Å²) in [5, 5.41) is 0.530. The molecule has 15 heavy (non-hydrogen) atoms. The van der Waals surface area contributed by atoms with E-state index in [9.17, 15) is 0 Å². The van der Waals surface area contributed by atoms with Crippen LogP contribution in [0.5, 0.6) is 0 Å². The fourth-order valence-electron chi connectivity index (χ4n) is 1.44. The van der Waals surface area contributed by atoms with Crippen LogP contribution >= 0.6 is 11.6 Å². The van der Waals surface area contributed by atoms with E-state index in [-0.39, 0.29) is 0 Å². The van der Waals surface area contributed by atoms with Gasteiger partial charge in [0.1, 0.15) is 5.15 Å². The van der Waals surface area contributed by atoms with E-state index in [0.29, 0.717) is 5.15 Å². The molecule has 78 valence electrons. The molecule has 0 radical (unpaired) electrons. The maximum absolute atomic E-state index is 5.82. The van der Waals surface area contributed by atoms with Crippen LogP contribution in [0, 0.1) is 13.8 Å². The fraction of sp³-hybridized carbons (Fsp3) is 0.273. The summed E-state index contributed by atoms with van der Waals surface area (Å²) in [6.07, 6.45) is 3.57. The van der Waals surface area contributed by atoms with Crippen LogP contribution in [0.2, 0.25) is 5.15 Å². The van der Waals surface area contributed by atoms with E-state index in [1.54, 1.807) is 6.20 Å². The summed E-state index contributed by atoms with van der Waals surface area (Å²) in [6, 6.07) is 3.83. The molecule has 2 rings (SSSR count). The van der Waals surface area contributed by atoms with E-state index in [2.05, 4.69) is 21.5 Å². The molecule has 3 nitrogen and oxygen atoms in total. The van der Waals surface area contributed by atoms with Gasteiger partial charge in [-0.3, -0.25) is 0 Å². The average Bonchev–Trinajstić information content (AvgIpc) is 2.50. The zero-order chi connectivity index (χ0) is 10.8. The lowest BCUT2D eigenvalue weighted by Gasteiger charge is -2.05. The molecule has 0 aromatic carbocycles. The quantitative estimate of drug-likeness (QED) is 0.730. The van der Waals surface area contributed by atoms with Crippen LogP contribution in [0.3, 0.4) is 0 Å². The molecule has 0 aliphatic carbocycles. The Balaban J connectivity index is 2.26. The third kappa shape index (κ3) is 2.18. The second kappa shape index (κ2) is 4.03. The van der Waals surface area contributed by atoms with Crippen molar-refractivity contribution in [3.63, 3.8) is 0 Å². The number of hydrogen-bond donors (Lipinski definition) is 0. The van der Waals surface area contributed by atoms with Crippen molar-refractivity contribution in [3.8, 4) is 0 Å². The smallest absolute Gasteiger partial charge is 0.129 e. The summed E-state index contributed by atoms with van der Waals surface area (Å²) in [7, 11) is 0. The van der Waals surface area contributed by atoms with E-state index < -0.39 is 0 Å². The third-order valence-electron chi connectivity index (χ3n) is 2.49. The molecule has 0 aliphatic rings. The molecule has 4 heteroatoms. The molecule has 0 bridgehead atoms. The molecule has 0 fully saturated rings. The molecular weight excluding hydrogens is 210 g/mol. The van der Waals surface area contributed by atoms with Gasteiger partial charge in [0, 0.05) is 18.4 Å². The molecule has 0 N–H and O–H groups in total. The monoisotopic (exact) mass is 221 g/mol. The maximum Gasteiger partial charge on any atom is 0.129 e. The van der Waals surface area contributed by atoms with E-state index in [1.807, 2.05) is 25.4 Å². The van der Waals surface area contributed by atoms with Gasteiger partial charge < -0.3 is 4.57 Å². The Morgan fingerprint density at radius 1 is 1.33 bits per heavy atom. The number of halogens is 1. The van der Waals surface area contributed by atoms with Crippen molar-refractivity contribution in [2.45, 2.75) is 20.4 Å². The number of imidazole rings is 1. The summed E-state index contributed by atoms with van der Waals surface area (Å²) >= 11 is 5.82. The van der Waals surface area contributed by atoms with E-state index in [0.717, 1.165) is 17.8 Å². The van der Waals surface area contributed by atoms with Gasteiger partial charge in [-0.15, -0.1) is 0 Å². The van der Waals surface area contributed by atoms with Crippen LogP contribution < -0.4 is 0 Å². The summed E-state index contributed by atoms with van der Waals surface area (Å²) in [5.41, 5.74) is 3.38. The van der Waals surface area contributed by atoms with Gasteiger partial charge in [-0.1, -0.05) is 11.6 Å². The SMILES string of the molecule is Cc1ncn(Cc2ccnc(Cl)c2)c1C. The molecule has 2 heterocycles. The zero-order valence-corrected chi connectivity index (χ0v) is 9.49. The molecule has 0 saturated heterocycles. The van der Waals surface area contributed by atoms with Crippen molar-refractivity contribution < 1.29 is 0 Å². The average molecular weight is 222 g/mol. The Morgan fingerprint density at radius 3 is 2.73 bits per heavy atom. The number of aromatic nitrogens is 3. The Bertz CT molecular complexity index is 476. The predicted octanol–water partition coefficient (Wildman–Crippen LogP) is 2.60. The summed E-state index contributed by atoms with van der Waals surface area (Å²) < 4.78 is 2.10. The first-order valence-corrected chi connectivity index (χ1v) is 5.13. The van der Waals surface area contributed by atoms with Crippen LogP contribution in [0.1, 0.15) is 17.0 Å². The van der Waals surface area contributed by atoms with Crippen molar-refractivity contribution in [2.75, 3.05) is 0 Å². The van der Waals surface area contributed by atoms with Crippen molar-refractivity contribution in [2.24, 2.45) is 0 Å². The van der Waals surface area contributed by atoms with Crippen molar-refractivity contribution >= 4 is 11.6 Å². The number of hydrogen-bond acceptors (Lipinski definition) is 2. The summed E-state index contributed by atoms with van der Waals surface area (Å²) in [4.78, 5) is 8.20. The minimum atomic E-state index is 0.530. The van der Waals surface area contributed by atoms with Gasteiger partial charge in [-0.25, -0.2) is 9.97 Å². The van der Waals surface area contributed by atoms with Crippen molar-refractivity contribution in [1.82, 2.24) is 14.5 Å². The molecule has 0 unspecified atom stereocenters. The highest BCUT2D eigenvalue weighted by Gasteiger charge is 2.02. The summed E-state index contributed by atoms with van der Waals surface area (Å²) in [5.74, 6) is 0. The fourth-order valence-corrected chi connectivity index (χ4v) is 1.64. The highest BCUT2D eigenvalue weighted by molar-refractivity contribution is 6.29. The van der Waals surface area contributed by atoms with Gasteiger partial charge in [0.15, 0.2) is 0 Å². The zero-order valence-electron chi connectivity index (χ0n) is 8.74. The van der Waals surface area contributed by atoms with Gasteiger partial charge in [-0.2, -0.15) is 0 Å². The highest BCUT2D eigenvalue weighted by atomic mass is 35.5. The largest absolute Gasteiger partial charge is 0.330 e. The number of nitrogens with zero attached hydrogens (tertiary/aromatic N) is 3. The molecule has 0 saturated carbocycles. The minimum Gasteiger partial charge on any atom is -0.330 e. The Morgan fingerprint density at radius 2 is 2.13 bits per heavy atom. The lowest BCUT2D eigenvalue weighted by Crippen LogP contribution is -2.00. The Hall–Kier alpha value is -1.35.